The summed E-state index contributed by atoms with van der Waals surface area (Å²) in [7, 11) is 1.66. The highest BCUT2D eigenvalue weighted by atomic mass is 16.5. The van der Waals surface area contributed by atoms with Gasteiger partial charge in [0, 0.05) is 0 Å². The van der Waals surface area contributed by atoms with Gasteiger partial charge in [0.2, 0.25) is 0 Å². The van der Waals surface area contributed by atoms with E-state index in [1.807, 2.05) is 13.0 Å². The summed E-state index contributed by atoms with van der Waals surface area (Å²) in [5, 5.41) is 0. The molecule has 1 heteroatoms. The molecule has 0 rings (SSSR count). The molecule has 0 aromatic heterocycles. The number of hydrogen-bond donors (Lipinski definition) is 0. The van der Waals surface area contributed by atoms with Gasteiger partial charge in [-0.25, -0.2) is 0 Å². The van der Waals surface area contributed by atoms with E-state index in [4.69, 9.17) is 4.74 Å². The molecular weight excluding hydrogens is 112 g/mol. The minimum absolute atomic E-state index is 0.918. The van der Waals surface area contributed by atoms with Crippen LogP contribution >= 0.6 is 0 Å². The van der Waals surface area contributed by atoms with Gasteiger partial charge >= 0.3 is 0 Å². The lowest BCUT2D eigenvalue weighted by Gasteiger charge is -1.98. The van der Waals surface area contributed by atoms with Crippen molar-refractivity contribution < 1.29 is 4.74 Å². The lowest BCUT2D eigenvalue weighted by Crippen LogP contribution is -1.80. The molecule has 0 aliphatic rings. The van der Waals surface area contributed by atoms with Crippen molar-refractivity contribution in [3.05, 3.63) is 24.0 Å². The van der Waals surface area contributed by atoms with Crippen molar-refractivity contribution in [3.8, 4) is 0 Å². The summed E-state index contributed by atoms with van der Waals surface area (Å²) in [4.78, 5) is 0. The van der Waals surface area contributed by atoms with Crippen LogP contribution in [0.3, 0.4) is 0 Å². The van der Waals surface area contributed by atoms with E-state index in [0.717, 1.165) is 17.8 Å². The molecule has 0 bridgehead atoms. The van der Waals surface area contributed by atoms with Gasteiger partial charge in [-0.2, -0.15) is 0 Å². The van der Waals surface area contributed by atoms with E-state index in [-0.39, 0.29) is 0 Å². The van der Waals surface area contributed by atoms with Crippen LogP contribution in [0, 0.1) is 0 Å². The summed E-state index contributed by atoms with van der Waals surface area (Å²) in [6.45, 7) is 7.79. The number of hydrogen-bond acceptors (Lipinski definition) is 1. The Labute approximate surface area is 57.0 Å². The van der Waals surface area contributed by atoms with Crippen molar-refractivity contribution in [2.75, 3.05) is 7.11 Å². The van der Waals surface area contributed by atoms with Crippen LogP contribution in [-0.2, 0) is 4.74 Å². The Hall–Kier alpha value is -0.720. The quantitative estimate of drug-likeness (QED) is 0.417. The fourth-order valence-corrected chi connectivity index (χ4v) is 0.448. The molecule has 0 aromatic rings. The zero-order chi connectivity index (χ0) is 7.28. The van der Waals surface area contributed by atoms with Crippen molar-refractivity contribution >= 4 is 0 Å². The van der Waals surface area contributed by atoms with Gasteiger partial charge in [0.1, 0.15) is 0 Å². The second-order valence-electron chi connectivity index (χ2n) is 1.97. The van der Waals surface area contributed by atoms with Crippen LogP contribution in [0.25, 0.3) is 0 Å². The molecule has 9 heavy (non-hydrogen) atoms. The minimum Gasteiger partial charge on any atom is -0.501 e. The Morgan fingerprint density at radius 2 is 2.22 bits per heavy atom. The standard InChI is InChI=1S/C8H14O/c1-5-7(2)6-8(3)9-4/h6H,2,5H2,1,3-4H3/b8-6-. The summed E-state index contributed by atoms with van der Waals surface area (Å²) >= 11 is 0. The largest absolute Gasteiger partial charge is 0.501 e. The highest BCUT2D eigenvalue weighted by molar-refractivity contribution is 5.15. The van der Waals surface area contributed by atoms with Gasteiger partial charge in [0.15, 0.2) is 0 Å². The second kappa shape index (κ2) is 4.19. The molecule has 0 fully saturated rings. The fraction of sp³-hybridized carbons (Fsp3) is 0.500. The van der Waals surface area contributed by atoms with E-state index in [0.29, 0.717) is 0 Å². The van der Waals surface area contributed by atoms with Crippen molar-refractivity contribution in [2.24, 2.45) is 0 Å². The van der Waals surface area contributed by atoms with E-state index in [2.05, 4.69) is 13.5 Å². The molecule has 0 unspecified atom stereocenters. The van der Waals surface area contributed by atoms with Crippen molar-refractivity contribution in [2.45, 2.75) is 20.3 Å². The zero-order valence-electron chi connectivity index (χ0n) is 6.40. The predicted octanol–water partition coefficient (Wildman–Crippen LogP) is 2.50. The fourth-order valence-electron chi connectivity index (χ4n) is 0.448. The van der Waals surface area contributed by atoms with E-state index in [1.54, 1.807) is 7.11 Å². The third kappa shape index (κ3) is 3.83. The summed E-state index contributed by atoms with van der Waals surface area (Å²) < 4.78 is 4.92. The first-order chi connectivity index (χ1) is 4.20. The molecule has 0 spiro atoms. The normalized spacial score (nSPS) is 11.2. The summed E-state index contributed by atoms with van der Waals surface area (Å²) in [5.74, 6) is 0.918. The molecule has 0 N–H and O–H groups in total. The third-order valence-electron chi connectivity index (χ3n) is 1.18. The first kappa shape index (κ1) is 8.28. The van der Waals surface area contributed by atoms with Crippen molar-refractivity contribution in [1.82, 2.24) is 0 Å². The number of methoxy groups -OCH3 is 1. The number of ether oxygens (including phenoxy) is 1. The Morgan fingerprint density at radius 1 is 1.67 bits per heavy atom. The van der Waals surface area contributed by atoms with Crippen LogP contribution in [0.4, 0.5) is 0 Å². The van der Waals surface area contributed by atoms with Crippen LogP contribution in [0.2, 0.25) is 0 Å². The smallest absolute Gasteiger partial charge is 0.0927 e. The monoisotopic (exact) mass is 126 g/mol. The first-order valence-electron chi connectivity index (χ1n) is 3.10. The van der Waals surface area contributed by atoms with Crippen LogP contribution in [0.5, 0.6) is 0 Å². The molecule has 0 radical (unpaired) electrons. The lowest BCUT2D eigenvalue weighted by atomic mass is 10.2. The third-order valence-corrected chi connectivity index (χ3v) is 1.18. The van der Waals surface area contributed by atoms with E-state index >= 15 is 0 Å². The zero-order valence-corrected chi connectivity index (χ0v) is 6.40. The molecule has 0 saturated heterocycles. The lowest BCUT2D eigenvalue weighted by molar-refractivity contribution is 0.293. The van der Waals surface area contributed by atoms with Crippen LogP contribution in [-0.4, -0.2) is 7.11 Å². The average molecular weight is 126 g/mol. The van der Waals surface area contributed by atoms with E-state index in [9.17, 15) is 0 Å². The molecule has 0 aliphatic heterocycles. The van der Waals surface area contributed by atoms with Crippen molar-refractivity contribution in [1.29, 1.82) is 0 Å². The molecule has 1 nitrogen and oxygen atoms in total. The molecule has 0 aliphatic carbocycles. The van der Waals surface area contributed by atoms with Gasteiger partial charge in [0.25, 0.3) is 0 Å². The molecule has 0 aromatic carbocycles. The second-order valence-corrected chi connectivity index (χ2v) is 1.97. The predicted molar refractivity (Wildman–Crippen MR) is 40.2 cm³/mol. The van der Waals surface area contributed by atoms with Crippen LogP contribution in [0.1, 0.15) is 20.3 Å². The maximum absolute atomic E-state index is 4.92. The topological polar surface area (TPSA) is 9.23 Å². The Balaban J connectivity index is 3.79. The Morgan fingerprint density at radius 3 is 2.56 bits per heavy atom. The van der Waals surface area contributed by atoms with Crippen LogP contribution < -0.4 is 0 Å². The Bertz CT molecular complexity index is 123. The molecule has 0 saturated carbocycles. The number of allylic oxidation sites excluding steroid dienone is 3. The van der Waals surface area contributed by atoms with E-state index < -0.39 is 0 Å². The molecular formula is C8H14O. The van der Waals surface area contributed by atoms with Crippen LogP contribution in [0.15, 0.2) is 24.0 Å². The Kier molecular flexibility index (Phi) is 3.85. The highest BCUT2D eigenvalue weighted by Gasteiger charge is 1.85. The van der Waals surface area contributed by atoms with E-state index in [1.165, 1.54) is 0 Å². The highest BCUT2D eigenvalue weighted by Crippen LogP contribution is 2.02. The van der Waals surface area contributed by atoms with Gasteiger partial charge in [-0.05, 0) is 19.4 Å². The number of rotatable bonds is 3. The SMILES string of the molecule is C=C(/C=C(/C)OC)CC. The van der Waals surface area contributed by atoms with Gasteiger partial charge in [0.05, 0.1) is 12.9 Å². The first-order valence-corrected chi connectivity index (χ1v) is 3.10. The maximum atomic E-state index is 4.92. The average Bonchev–Trinajstić information content (AvgIpc) is 1.87. The molecule has 52 valence electrons. The van der Waals surface area contributed by atoms with Gasteiger partial charge in [-0.15, -0.1) is 0 Å². The van der Waals surface area contributed by atoms with Gasteiger partial charge in [-0.3, -0.25) is 0 Å². The minimum atomic E-state index is 0.918. The molecule has 0 heterocycles. The maximum Gasteiger partial charge on any atom is 0.0927 e. The molecule has 0 amide bonds. The summed E-state index contributed by atoms with van der Waals surface area (Å²) in [6, 6.07) is 0. The van der Waals surface area contributed by atoms with Crippen molar-refractivity contribution in [3.63, 3.8) is 0 Å². The summed E-state index contributed by atoms with van der Waals surface area (Å²) in [6.07, 6.45) is 2.93. The van der Waals surface area contributed by atoms with Gasteiger partial charge < -0.3 is 4.74 Å². The van der Waals surface area contributed by atoms with Gasteiger partial charge in [-0.1, -0.05) is 19.1 Å². The summed E-state index contributed by atoms with van der Waals surface area (Å²) in [5.41, 5.74) is 1.11. The molecule has 0 atom stereocenters.